The highest BCUT2D eigenvalue weighted by atomic mass is 16.5. The van der Waals surface area contributed by atoms with Crippen molar-refractivity contribution in [3.05, 3.63) is 58.4 Å². The molecular weight excluding hydrogens is 362 g/mol. The summed E-state index contributed by atoms with van der Waals surface area (Å²) in [5.74, 6) is 0.621. The lowest BCUT2D eigenvalue weighted by atomic mass is 10.2. The molecule has 0 aliphatic carbocycles. The van der Waals surface area contributed by atoms with Crippen LogP contribution in [0.5, 0.6) is 0 Å². The van der Waals surface area contributed by atoms with Crippen LogP contribution in [0.15, 0.2) is 45.7 Å². The monoisotopic (exact) mass is 385 g/mol. The van der Waals surface area contributed by atoms with Crippen molar-refractivity contribution in [3.63, 3.8) is 0 Å². The van der Waals surface area contributed by atoms with Gasteiger partial charge in [-0.2, -0.15) is 0 Å². The number of rotatable bonds is 4. The first kappa shape index (κ1) is 18.5. The molecule has 2 aromatic rings. The van der Waals surface area contributed by atoms with Gasteiger partial charge in [-0.3, -0.25) is 14.4 Å². The van der Waals surface area contributed by atoms with Gasteiger partial charge in [-0.05, 0) is 31.0 Å². The molecule has 1 atom stereocenters. The van der Waals surface area contributed by atoms with Gasteiger partial charge in [-0.15, -0.1) is 0 Å². The van der Waals surface area contributed by atoms with Gasteiger partial charge in [-0.1, -0.05) is 6.07 Å². The zero-order chi connectivity index (χ0) is 19.5. The maximum atomic E-state index is 12.7. The normalized spacial score (nSPS) is 19.8. The predicted molar refractivity (Wildman–Crippen MR) is 100.0 cm³/mol. The number of furan rings is 1. The number of piperazine rings is 1. The summed E-state index contributed by atoms with van der Waals surface area (Å²) < 4.78 is 12.6. The molecule has 28 heavy (non-hydrogen) atoms. The van der Waals surface area contributed by atoms with Crippen LogP contribution in [-0.4, -0.2) is 65.1 Å². The van der Waals surface area contributed by atoms with Crippen molar-refractivity contribution in [1.29, 1.82) is 0 Å². The summed E-state index contributed by atoms with van der Waals surface area (Å²) in [5, 5.41) is 0. The highest BCUT2D eigenvalue weighted by molar-refractivity contribution is 5.91. The number of nitrogens with zero attached hydrogens (tertiary/aromatic N) is 3. The van der Waals surface area contributed by atoms with E-state index in [2.05, 4.69) is 0 Å². The lowest BCUT2D eigenvalue weighted by Gasteiger charge is -2.35. The van der Waals surface area contributed by atoms with Crippen molar-refractivity contribution >= 4 is 11.8 Å². The van der Waals surface area contributed by atoms with Crippen LogP contribution < -0.4 is 5.56 Å². The number of pyridine rings is 1. The third-order valence-electron chi connectivity index (χ3n) is 5.18. The summed E-state index contributed by atoms with van der Waals surface area (Å²) >= 11 is 0. The van der Waals surface area contributed by atoms with Crippen LogP contribution in [0.4, 0.5) is 0 Å². The van der Waals surface area contributed by atoms with E-state index in [1.807, 2.05) is 0 Å². The van der Waals surface area contributed by atoms with Crippen LogP contribution in [0.2, 0.25) is 0 Å². The number of ether oxygens (including phenoxy) is 1. The minimum absolute atomic E-state index is 0.0261. The number of amides is 2. The Hall–Kier alpha value is -2.87. The smallest absolute Gasteiger partial charge is 0.289 e. The third kappa shape index (κ3) is 3.87. The van der Waals surface area contributed by atoms with Crippen molar-refractivity contribution in [2.45, 2.75) is 25.5 Å². The van der Waals surface area contributed by atoms with Gasteiger partial charge in [-0.25, -0.2) is 0 Å². The first-order valence-electron chi connectivity index (χ1n) is 9.55. The predicted octanol–water partition coefficient (Wildman–Crippen LogP) is 0.953. The molecule has 8 nitrogen and oxygen atoms in total. The number of aromatic nitrogens is 1. The lowest BCUT2D eigenvalue weighted by molar-refractivity contribution is -0.142. The molecule has 0 spiro atoms. The Morgan fingerprint density at radius 1 is 1.04 bits per heavy atom. The summed E-state index contributed by atoms with van der Waals surface area (Å²) in [6.07, 6.45) is 3.05. The molecule has 2 amide bonds. The molecule has 1 unspecified atom stereocenters. The number of carbonyl (C=O) groups excluding carboxylic acids is 2. The maximum Gasteiger partial charge on any atom is 0.289 e. The molecular formula is C20H23N3O5. The molecule has 2 aliphatic heterocycles. The molecule has 4 heterocycles. The van der Waals surface area contributed by atoms with Crippen LogP contribution in [0.1, 0.15) is 29.2 Å². The SMILES string of the molecule is O=C(c1ccc(Cn2ccccc2=O)o1)N1CCN(C(=O)C2CCCO2)CC1. The molecule has 0 N–H and O–H groups in total. The summed E-state index contributed by atoms with van der Waals surface area (Å²) in [5.41, 5.74) is -0.126. The summed E-state index contributed by atoms with van der Waals surface area (Å²) in [6, 6.07) is 8.28. The van der Waals surface area contributed by atoms with Crippen molar-refractivity contribution in [1.82, 2.24) is 14.4 Å². The fourth-order valence-electron chi connectivity index (χ4n) is 3.60. The van der Waals surface area contributed by atoms with Crippen molar-refractivity contribution in [3.8, 4) is 0 Å². The van der Waals surface area contributed by atoms with Gasteiger partial charge in [0.25, 0.3) is 17.4 Å². The largest absolute Gasteiger partial charge is 0.454 e. The van der Waals surface area contributed by atoms with E-state index in [0.29, 0.717) is 38.5 Å². The number of hydrogen-bond acceptors (Lipinski definition) is 5. The Bertz CT molecular complexity index is 904. The van der Waals surface area contributed by atoms with E-state index >= 15 is 0 Å². The van der Waals surface area contributed by atoms with Crippen molar-refractivity contribution in [2.75, 3.05) is 32.8 Å². The second-order valence-electron chi connectivity index (χ2n) is 7.05. The highest BCUT2D eigenvalue weighted by Crippen LogP contribution is 2.17. The molecule has 2 aliphatic rings. The fourth-order valence-corrected chi connectivity index (χ4v) is 3.60. The third-order valence-corrected chi connectivity index (χ3v) is 5.18. The molecule has 2 fully saturated rings. The Kier molecular flexibility index (Phi) is 5.29. The first-order chi connectivity index (χ1) is 13.6. The van der Waals surface area contributed by atoms with Crippen LogP contribution in [-0.2, 0) is 16.1 Å². The van der Waals surface area contributed by atoms with E-state index in [-0.39, 0.29) is 35.8 Å². The number of carbonyl (C=O) groups is 2. The minimum atomic E-state index is -0.323. The molecule has 0 aromatic carbocycles. The Morgan fingerprint density at radius 3 is 2.54 bits per heavy atom. The molecule has 0 saturated carbocycles. The molecule has 8 heteroatoms. The van der Waals surface area contributed by atoms with Crippen LogP contribution in [0, 0.1) is 0 Å². The average Bonchev–Trinajstić information content (AvgIpc) is 3.41. The van der Waals surface area contributed by atoms with Crippen LogP contribution in [0.25, 0.3) is 0 Å². The van der Waals surface area contributed by atoms with E-state index in [4.69, 9.17) is 9.15 Å². The van der Waals surface area contributed by atoms with E-state index in [1.165, 1.54) is 10.6 Å². The van der Waals surface area contributed by atoms with Gasteiger partial charge in [0.2, 0.25) is 0 Å². The van der Waals surface area contributed by atoms with Crippen LogP contribution >= 0.6 is 0 Å². The molecule has 4 rings (SSSR count). The summed E-state index contributed by atoms with van der Waals surface area (Å²) in [7, 11) is 0. The zero-order valence-corrected chi connectivity index (χ0v) is 15.6. The van der Waals surface area contributed by atoms with Gasteiger partial charge in [0.05, 0.1) is 6.54 Å². The standard InChI is InChI=1S/C20H23N3O5/c24-18-5-1-2-8-23(18)14-15-6-7-17(28-15)20(26)22-11-9-21(10-12-22)19(25)16-4-3-13-27-16/h1-2,5-8,16H,3-4,9-14H2. The molecule has 0 bridgehead atoms. The van der Waals surface area contributed by atoms with E-state index in [0.717, 1.165) is 12.8 Å². The molecule has 2 saturated heterocycles. The second-order valence-corrected chi connectivity index (χ2v) is 7.05. The van der Waals surface area contributed by atoms with E-state index in [9.17, 15) is 14.4 Å². The van der Waals surface area contributed by atoms with Crippen LogP contribution in [0.3, 0.4) is 0 Å². The van der Waals surface area contributed by atoms with E-state index < -0.39 is 0 Å². The zero-order valence-electron chi connectivity index (χ0n) is 15.6. The fraction of sp³-hybridized carbons (Fsp3) is 0.450. The quantitative estimate of drug-likeness (QED) is 0.782. The van der Waals surface area contributed by atoms with Gasteiger partial charge < -0.3 is 23.5 Å². The average molecular weight is 385 g/mol. The Labute approximate surface area is 162 Å². The van der Waals surface area contributed by atoms with Crippen molar-refractivity contribution in [2.24, 2.45) is 0 Å². The minimum Gasteiger partial charge on any atom is -0.454 e. The Balaban J connectivity index is 1.34. The maximum absolute atomic E-state index is 12.7. The van der Waals surface area contributed by atoms with Crippen molar-refractivity contribution < 1.29 is 18.7 Å². The van der Waals surface area contributed by atoms with Gasteiger partial charge >= 0.3 is 0 Å². The first-order valence-corrected chi connectivity index (χ1v) is 9.55. The second kappa shape index (κ2) is 8.02. The number of hydrogen-bond donors (Lipinski definition) is 0. The Morgan fingerprint density at radius 2 is 1.82 bits per heavy atom. The molecule has 2 aromatic heterocycles. The topological polar surface area (TPSA) is 85.0 Å². The lowest BCUT2D eigenvalue weighted by Crippen LogP contribution is -2.52. The van der Waals surface area contributed by atoms with E-state index in [1.54, 1.807) is 40.3 Å². The van der Waals surface area contributed by atoms with Gasteiger partial charge in [0.15, 0.2) is 5.76 Å². The highest BCUT2D eigenvalue weighted by Gasteiger charge is 2.32. The summed E-state index contributed by atoms with van der Waals surface area (Å²) in [6.45, 7) is 2.84. The summed E-state index contributed by atoms with van der Waals surface area (Å²) in [4.78, 5) is 40.4. The molecule has 0 radical (unpaired) electrons. The van der Waals surface area contributed by atoms with Gasteiger partial charge in [0, 0.05) is 45.0 Å². The van der Waals surface area contributed by atoms with Gasteiger partial charge in [0.1, 0.15) is 11.9 Å². The molecule has 148 valence electrons.